The zero-order valence-electron chi connectivity index (χ0n) is 34.4. The molecule has 0 aromatic carbocycles. The Labute approximate surface area is 355 Å². The number of ketones is 1. The van der Waals surface area contributed by atoms with E-state index in [0.717, 1.165) is 12.0 Å². The Morgan fingerprint density at radius 1 is 1.10 bits per heavy atom. The van der Waals surface area contributed by atoms with Gasteiger partial charge in [-0.25, -0.2) is 9.59 Å². The minimum Gasteiger partial charge on any atom is -0.511 e. The lowest BCUT2D eigenvalue weighted by Crippen LogP contribution is -2.58. The summed E-state index contributed by atoms with van der Waals surface area (Å²) in [7, 11) is 0. The fraction of sp³-hybridized carbons (Fsp3) is 0.600. The topological polar surface area (TPSA) is 184 Å². The molecule has 13 atom stereocenters. The van der Waals surface area contributed by atoms with Crippen LogP contribution in [-0.4, -0.2) is 80.2 Å². The number of ether oxygens (including phenoxy) is 3. The van der Waals surface area contributed by atoms with Gasteiger partial charge in [-0.2, -0.15) is 0 Å². The Balaban J connectivity index is 1.23. The van der Waals surface area contributed by atoms with Gasteiger partial charge >= 0.3 is 11.9 Å². The van der Waals surface area contributed by atoms with Crippen LogP contribution >= 0.6 is 23.2 Å². The number of carbonyl (C=O) groups excluding carboxylic acids is 3. The van der Waals surface area contributed by atoms with E-state index < -0.39 is 76.6 Å². The standard InChI is InChI=1S/C45H56Cl2N2O10/c1-7-25-20-45-39(52)34(42(56)59-45)38(51)44(8-2)26(12-10-9-11-22(3)19-43(45,6)21-28(25)41(54)55)14-15-27-29(44)16-13-23(4)37(27)58-33-18-31(50)35(24(5)57-33)49-40(53)36-30(46)17-32(47)48-36/h9-10,14-15,17,19,21,23-27,29,31,33,35,37,48,50-51H,7-8,11-13,16,18,20H2,1-6H3,(H,49,53)(H,54,55)/b10-9+,22-19+,38-34-. The van der Waals surface area contributed by atoms with Crippen LogP contribution in [0.1, 0.15) is 103 Å². The van der Waals surface area contributed by atoms with Gasteiger partial charge in [-0.1, -0.05) is 86.0 Å². The van der Waals surface area contributed by atoms with Crippen LogP contribution in [-0.2, 0) is 28.6 Å². The number of hydrogen-bond acceptors (Lipinski definition) is 9. The molecule has 12 nitrogen and oxygen atoms in total. The lowest BCUT2D eigenvalue weighted by Gasteiger charge is -2.55. The quantitative estimate of drug-likeness (QED) is 0.102. The zero-order valence-corrected chi connectivity index (χ0v) is 35.9. The number of aliphatic hydroxyl groups is 2. The molecule has 1 aromatic heterocycles. The number of carboxylic acids is 1. The average Bonchev–Trinajstić information content (AvgIpc) is 3.65. The summed E-state index contributed by atoms with van der Waals surface area (Å²) in [6.45, 7) is 11.4. The number of amides is 1. The van der Waals surface area contributed by atoms with Gasteiger partial charge in [0, 0.05) is 29.7 Å². The molecule has 1 spiro atoms. The van der Waals surface area contributed by atoms with E-state index in [9.17, 15) is 29.7 Å². The largest absolute Gasteiger partial charge is 0.511 e. The van der Waals surface area contributed by atoms with E-state index in [1.54, 1.807) is 19.9 Å². The van der Waals surface area contributed by atoms with Crippen LogP contribution in [0, 0.1) is 40.4 Å². The molecule has 6 aliphatic rings. The molecule has 1 amide bonds. The molecular formula is C45H56Cl2N2O10. The minimum atomic E-state index is -1.75. The first-order chi connectivity index (χ1) is 27.9. The molecule has 59 heavy (non-hydrogen) atoms. The number of aliphatic hydroxyl groups excluding tert-OH is 2. The first-order valence-corrected chi connectivity index (χ1v) is 21.7. The molecule has 1 aromatic rings. The molecule has 0 radical (unpaired) electrons. The van der Waals surface area contributed by atoms with Gasteiger partial charge in [0.05, 0.1) is 34.8 Å². The van der Waals surface area contributed by atoms with Gasteiger partial charge in [-0.05, 0) is 89.0 Å². The summed E-state index contributed by atoms with van der Waals surface area (Å²) < 4.78 is 19.4. The number of aromatic nitrogens is 1. The van der Waals surface area contributed by atoms with Crippen LogP contribution < -0.4 is 5.32 Å². The van der Waals surface area contributed by atoms with Gasteiger partial charge < -0.3 is 39.8 Å². The number of aliphatic carboxylic acids is 1. The molecule has 320 valence electrons. The van der Waals surface area contributed by atoms with Gasteiger partial charge in [0.15, 0.2) is 11.9 Å². The minimum absolute atomic E-state index is 0.0225. The van der Waals surface area contributed by atoms with Crippen molar-refractivity contribution in [1.29, 1.82) is 0 Å². The van der Waals surface area contributed by atoms with Crippen molar-refractivity contribution in [2.45, 2.75) is 129 Å². The molecule has 1 saturated carbocycles. The maximum Gasteiger partial charge on any atom is 0.346 e. The van der Waals surface area contributed by atoms with Gasteiger partial charge in [0.1, 0.15) is 22.2 Å². The molecule has 13 unspecified atom stereocenters. The highest BCUT2D eigenvalue weighted by atomic mass is 35.5. The lowest BCUT2D eigenvalue weighted by molar-refractivity contribution is -0.258. The Morgan fingerprint density at radius 2 is 1.85 bits per heavy atom. The van der Waals surface area contributed by atoms with Crippen molar-refractivity contribution in [2.24, 2.45) is 40.4 Å². The molecule has 2 aliphatic heterocycles. The van der Waals surface area contributed by atoms with Crippen LogP contribution in [0.4, 0.5) is 0 Å². The van der Waals surface area contributed by atoms with Gasteiger partial charge in [0.2, 0.25) is 5.78 Å². The number of H-pyrrole nitrogens is 1. The highest BCUT2D eigenvalue weighted by Gasteiger charge is 2.67. The second kappa shape index (κ2) is 16.3. The summed E-state index contributed by atoms with van der Waals surface area (Å²) >= 11 is 12.2. The van der Waals surface area contributed by atoms with Crippen LogP contribution in [0.5, 0.6) is 0 Å². The fourth-order valence-corrected chi connectivity index (χ4v) is 11.9. The van der Waals surface area contributed by atoms with Crippen molar-refractivity contribution in [1.82, 2.24) is 10.3 Å². The summed E-state index contributed by atoms with van der Waals surface area (Å²) in [6.07, 6.45) is 12.3. The van der Waals surface area contributed by atoms with E-state index in [-0.39, 0.29) is 69.3 Å². The van der Waals surface area contributed by atoms with E-state index in [2.05, 4.69) is 41.5 Å². The summed E-state index contributed by atoms with van der Waals surface area (Å²) in [5.74, 6) is -4.71. The number of fused-ring (bicyclic) bond motifs is 4. The number of aromatic amines is 1. The molecule has 3 heterocycles. The maximum atomic E-state index is 15.2. The fourth-order valence-electron chi connectivity index (χ4n) is 11.4. The predicted molar refractivity (Wildman–Crippen MR) is 220 cm³/mol. The van der Waals surface area contributed by atoms with Crippen LogP contribution in [0.25, 0.3) is 0 Å². The summed E-state index contributed by atoms with van der Waals surface area (Å²) in [4.78, 5) is 57.7. The van der Waals surface area contributed by atoms with E-state index in [0.29, 0.717) is 32.1 Å². The average molecular weight is 856 g/mol. The Hall–Kier alpha value is -3.68. The second-order valence-corrected chi connectivity index (χ2v) is 18.6. The molecule has 7 rings (SSSR count). The monoisotopic (exact) mass is 854 g/mol. The van der Waals surface area contributed by atoms with E-state index in [1.165, 1.54) is 6.07 Å². The number of allylic oxidation sites excluding steroid dienone is 5. The highest BCUT2D eigenvalue weighted by molar-refractivity contribution is 6.36. The van der Waals surface area contributed by atoms with Crippen molar-refractivity contribution < 1.29 is 48.7 Å². The Kier molecular flexibility index (Phi) is 12.0. The third-order valence-electron chi connectivity index (χ3n) is 14.4. The highest BCUT2D eigenvalue weighted by Crippen LogP contribution is 2.61. The van der Waals surface area contributed by atoms with Crippen molar-refractivity contribution in [3.8, 4) is 0 Å². The summed E-state index contributed by atoms with van der Waals surface area (Å²) in [5.41, 5.74) is -3.32. The lowest BCUT2D eigenvalue weighted by atomic mass is 9.51. The van der Waals surface area contributed by atoms with Crippen molar-refractivity contribution in [2.75, 3.05) is 0 Å². The zero-order chi connectivity index (χ0) is 42.8. The van der Waals surface area contributed by atoms with Crippen LogP contribution in [0.2, 0.25) is 10.2 Å². The van der Waals surface area contributed by atoms with Gasteiger partial charge in [0.25, 0.3) is 5.91 Å². The predicted octanol–water partition coefficient (Wildman–Crippen LogP) is 7.97. The number of carbonyl (C=O) groups is 4. The van der Waals surface area contributed by atoms with Gasteiger partial charge in [-0.3, -0.25) is 9.59 Å². The number of nitrogens with one attached hydrogen (secondary N) is 2. The van der Waals surface area contributed by atoms with Crippen LogP contribution in [0.15, 0.2) is 65.0 Å². The van der Waals surface area contributed by atoms with E-state index >= 15 is 4.79 Å². The van der Waals surface area contributed by atoms with Crippen molar-refractivity contribution >= 4 is 46.8 Å². The number of carboxylic acid groups (broad SMARTS) is 1. The molecule has 2 bridgehead atoms. The molecular weight excluding hydrogens is 799 g/mol. The number of esters is 1. The number of rotatable bonds is 7. The SMILES string of the molecule is CCC1CC23OC(=O)/C(=C(\O)C4(CC)C(C=CC5C(OC6CC(O)C(NC(=O)c7[nH]c(Cl)cc7Cl)C(C)O6)C(C)CCC54)C/C=C/C/C(C)=C/C2(C)C=C1C(=O)O)C3=O. The molecule has 4 aliphatic carbocycles. The number of Topliss-reactive ketones (excluding diaryl/α,β-unsaturated/α-hetero) is 1. The van der Waals surface area contributed by atoms with E-state index in [1.807, 2.05) is 26.8 Å². The van der Waals surface area contributed by atoms with E-state index in [4.69, 9.17) is 37.4 Å². The number of halogens is 2. The Bertz CT molecular complexity index is 2040. The third kappa shape index (κ3) is 7.24. The molecule has 3 fully saturated rings. The maximum absolute atomic E-state index is 15.2. The normalized spacial score (nSPS) is 42.3. The van der Waals surface area contributed by atoms with Crippen LogP contribution in [0.3, 0.4) is 0 Å². The third-order valence-corrected chi connectivity index (χ3v) is 14.9. The summed E-state index contributed by atoms with van der Waals surface area (Å²) in [6, 6.07) is 0.664. The molecule has 14 heteroatoms. The molecule has 2 saturated heterocycles. The first kappa shape index (κ1) is 43.4. The Morgan fingerprint density at radius 3 is 2.49 bits per heavy atom. The van der Waals surface area contributed by atoms with Crippen molar-refractivity contribution in [3.63, 3.8) is 0 Å². The van der Waals surface area contributed by atoms with Crippen molar-refractivity contribution in [3.05, 3.63) is 80.9 Å². The number of hydrogen-bond donors (Lipinski definition) is 5. The first-order valence-electron chi connectivity index (χ1n) is 20.9. The second-order valence-electron chi connectivity index (χ2n) is 17.8. The summed E-state index contributed by atoms with van der Waals surface area (Å²) in [5, 5.41) is 37.6. The smallest absolute Gasteiger partial charge is 0.346 e. The van der Waals surface area contributed by atoms with Gasteiger partial charge in [-0.15, -0.1) is 0 Å². The molecule has 5 N–H and O–H groups in total.